The Kier molecular flexibility index (Phi) is 6.33. The van der Waals surface area contributed by atoms with Gasteiger partial charge in [0.15, 0.2) is 5.11 Å². The molecule has 0 radical (unpaired) electrons. The molecule has 0 unspecified atom stereocenters. The van der Waals surface area contributed by atoms with Crippen LogP contribution in [-0.2, 0) is 6.18 Å². The average Bonchev–Trinajstić information content (AvgIpc) is 2.58. The number of thiocarbonyl (C=S) groups is 1. The number of alkyl halides is 6. The van der Waals surface area contributed by atoms with Crippen LogP contribution in [0.25, 0.3) is 0 Å². The lowest BCUT2D eigenvalue weighted by Gasteiger charge is -2.13. The summed E-state index contributed by atoms with van der Waals surface area (Å²) in [6, 6.07) is 8.29. The average molecular weight is 423 g/mol. The van der Waals surface area contributed by atoms with Gasteiger partial charge >= 0.3 is 12.5 Å². The molecule has 2 aromatic carbocycles. The van der Waals surface area contributed by atoms with Crippen LogP contribution in [0.3, 0.4) is 0 Å². The van der Waals surface area contributed by atoms with E-state index in [1.807, 2.05) is 0 Å². The molecule has 150 valence electrons. The number of benzene rings is 2. The minimum absolute atomic E-state index is 0.0103. The Morgan fingerprint density at radius 1 is 0.929 bits per heavy atom. The number of rotatable bonds is 3. The lowest BCUT2D eigenvalue weighted by atomic mass is 10.2. The monoisotopic (exact) mass is 423 g/mol. The smallest absolute Gasteiger partial charge is 0.406 e. The zero-order valence-corrected chi connectivity index (χ0v) is 14.4. The number of amides is 1. The van der Waals surface area contributed by atoms with Crippen LogP contribution in [0.2, 0.25) is 0 Å². The lowest BCUT2D eigenvalue weighted by molar-refractivity contribution is -0.274. The molecule has 0 spiro atoms. The first-order chi connectivity index (χ1) is 12.9. The van der Waals surface area contributed by atoms with Gasteiger partial charge in [-0.3, -0.25) is 15.6 Å². The minimum atomic E-state index is -4.85. The van der Waals surface area contributed by atoms with Gasteiger partial charge in [0.1, 0.15) is 5.75 Å². The minimum Gasteiger partial charge on any atom is -0.406 e. The Morgan fingerprint density at radius 3 is 2.14 bits per heavy atom. The molecular weight excluding hydrogens is 412 g/mol. The van der Waals surface area contributed by atoms with Crippen molar-refractivity contribution < 1.29 is 35.9 Å². The van der Waals surface area contributed by atoms with Gasteiger partial charge in [-0.05, 0) is 54.7 Å². The van der Waals surface area contributed by atoms with E-state index in [-0.39, 0.29) is 16.4 Å². The normalized spacial score (nSPS) is 11.5. The summed E-state index contributed by atoms with van der Waals surface area (Å²) in [7, 11) is 0. The number of nitrogens with one attached hydrogen (secondary N) is 3. The molecule has 0 heterocycles. The Labute approximate surface area is 159 Å². The number of ether oxygens (including phenoxy) is 1. The Bertz CT molecular complexity index is 853. The molecule has 0 atom stereocenters. The second kappa shape index (κ2) is 8.33. The second-order valence-corrected chi connectivity index (χ2v) is 5.59. The van der Waals surface area contributed by atoms with E-state index in [0.29, 0.717) is 0 Å². The van der Waals surface area contributed by atoms with Gasteiger partial charge in [-0.1, -0.05) is 6.07 Å². The highest BCUT2D eigenvalue weighted by molar-refractivity contribution is 7.80. The van der Waals surface area contributed by atoms with Gasteiger partial charge in [0.2, 0.25) is 0 Å². The van der Waals surface area contributed by atoms with Crippen molar-refractivity contribution in [2.45, 2.75) is 12.5 Å². The standard InChI is InChI=1S/C16H11F6N3O2S/c17-15(18,19)10-2-1-3-11(8-10)23-14(28)25-24-13(26)9-4-6-12(7-5-9)27-16(20,21)22/h1-8H,(H,24,26)(H2,23,25,28). The molecule has 0 aliphatic rings. The van der Waals surface area contributed by atoms with E-state index in [0.717, 1.165) is 36.4 Å². The third-order valence-electron chi connectivity index (χ3n) is 3.09. The number of anilines is 1. The number of hydrogen-bond acceptors (Lipinski definition) is 3. The molecule has 0 saturated heterocycles. The Morgan fingerprint density at radius 2 is 1.57 bits per heavy atom. The summed E-state index contributed by atoms with van der Waals surface area (Å²) in [5, 5.41) is 2.25. The van der Waals surface area contributed by atoms with Crippen LogP contribution in [0.15, 0.2) is 48.5 Å². The summed E-state index contributed by atoms with van der Waals surface area (Å²) in [5.74, 6) is -1.24. The molecule has 5 nitrogen and oxygen atoms in total. The van der Waals surface area contributed by atoms with E-state index in [1.54, 1.807) is 0 Å². The topological polar surface area (TPSA) is 62.4 Å². The van der Waals surface area contributed by atoms with Gasteiger partial charge in [0.25, 0.3) is 5.91 Å². The highest BCUT2D eigenvalue weighted by Gasteiger charge is 2.31. The first kappa shape index (κ1) is 21.3. The first-order valence-electron chi connectivity index (χ1n) is 7.34. The molecule has 2 aromatic rings. The van der Waals surface area contributed by atoms with E-state index < -0.39 is 29.8 Å². The quantitative estimate of drug-likeness (QED) is 0.392. The summed E-state index contributed by atoms with van der Waals surface area (Å²) in [6.45, 7) is 0. The highest BCUT2D eigenvalue weighted by Crippen LogP contribution is 2.30. The van der Waals surface area contributed by atoms with Gasteiger partial charge in [0.05, 0.1) is 5.56 Å². The molecule has 28 heavy (non-hydrogen) atoms. The molecule has 0 saturated carbocycles. The van der Waals surface area contributed by atoms with Gasteiger partial charge in [-0.2, -0.15) is 13.2 Å². The zero-order chi connectivity index (χ0) is 20.9. The van der Waals surface area contributed by atoms with E-state index in [4.69, 9.17) is 12.2 Å². The predicted octanol–water partition coefficient (Wildman–Crippen LogP) is 4.24. The fourth-order valence-corrected chi connectivity index (χ4v) is 2.10. The molecule has 0 bridgehead atoms. The van der Waals surface area contributed by atoms with Crippen LogP contribution in [0.5, 0.6) is 5.75 Å². The Balaban J connectivity index is 1.90. The van der Waals surface area contributed by atoms with Crippen LogP contribution >= 0.6 is 12.2 Å². The van der Waals surface area contributed by atoms with Crippen molar-refractivity contribution >= 4 is 28.9 Å². The molecule has 0 aromatic heterocycles. The van der Waals surface area contributed by atoms with E-state index >= 15 is 0 Å². The van der Waals surface area contributed by atoms with E-state index in [9.17, 15) is 31.1 Å². The van der Waals surface area contributed by atoms with Crippen molar-refractivity contribution in [2.24, 2.45) is 0 Å². The molecule has 0 aliphatic carbocycles. The van der Waals surface area contributed by atoms with Crippen LogP contribution in [-0.4, -0.2) is 17.4 Å². The Hall–Kier alpha value is -3.02. The van der Waals surface area contributed by atoms with Crippen molar-refractivity contribution in [2.75, 3.05) is 5.32 Å². The fourth-order valence-electron chi connectivity index (χ4n) is 1.93. The summed E-state index contributed by atoms with van der Waals surface area (Å²) in [5.41, 5.74) is 3.57. The van der Waals surface area contributed by atoms with E-state index in [1.165, 1.54) is 12.1 Å². The third kappa shape index (κ3) is 6.61. The van der Waals surface area contributed by atoms with Crippen molar-refractivity contribution in [1.82, 2.24) is 10.9 Å². The number of carbonyl (C=O) groups excluding carboxylic acids is 1. The molecule has 1 amide bonds. The number of hydrogen-bond donors (Lipinski definition) is 3. The summed E-state index contributed by atoms with van der Waals surface area (Å²) in [6.07, 6.45) is -9.38. The first-order valence-corrected chi connectivity index (χ1v) is 7.75. The second-order valence-electron chi connectivity index (χ2n) is 5.18. The SMILES string of the molecule is O=C(NNC(=S)Nc1cccc(C(F)(F)F)c1)c1ccc(OC(F)(F)F)cc1. The van der Waals surface area contributed by atoms with Crippen LogP contribution in [0.1, 0.15) is 15.9 Å². The van der Waals surface area contributed by atoms with Crippen LogP contribution in [0.4, 0.5) is 32.0 Å². The van der Waals surface area contributed by atoms with Crippen molar-refractivity contribution in [3.05, 3.63) is 59.7 Å². The highest BCUT2D eigenvalue weighted by atomic mass is 32.1. The summed E-state index contributed by atoms with van der Waals surface area (Å²) >= 11 is 4.86. The molecule has 0 aliphatic heterocycles. The predicted molar refractivity (Wildman–Crippen MR) is 91.4 cm³/mol. The van der Waals surface area contributed by atoms with Gasteiger partial charge in [-0.25, -0.2) is 0 Å². The van der Waals surface area contributed by atoms with Crippen molar-refractivity contribution in [3.8, 4) is 5.75 Å². The molecule has 2 rings (SSSR count). The van der Waals surface area contributed by atoms with Gasteiger partial charge in [-0.15, -0.1) is 13.2 Å². The number of hydrazine groups is 1. The maximum Gasteiger partial charge on any atom is 0.573 e. The van der Waals surface area contributed by atoms with Crippen LogP contribution < -0.4 is 20.9 Å². The maximum absolute atomic E-state index is 12.7. The molecule has 3 N–H and O–H groups in total. The summed E-state index contributed by atoms with van der Waals surface area (Å²) in [4.78, 5) is 11.9. The number of halogens is 6. The van der Waals surface area contributed by atoms with Crippen LogP contribution in [0, 0.1) is 0 Å². The van der Waals surface area contributed by atoms with Gasteiger partial charge < -0.3 is 10.1 Å². The lowest BCUT2D eigenvalue weighted by Crippen LogP contribution is -2.43. The van der Waals surface area contributed by atoms with Crippen molar-refractivity contribution in [3.63, 3.8) is 0 Å². The van der Waals surface area contributed by atoms with Gasteiger partial charge in [0, 0.05) is 11.3 Å². The molecular formula is C16H11F6N3O2S. The molecule has 0 fully saturated rings. The zero-order valence-electron chi connectivity index (χ0n) is 13.6. The maximum atomic E-state index is 12.7. The fraction of sp³-hybridized carbons (Fsp3) is 0.125. The van der Waals surface area contributed by atoms with E-state index in [2.05, 4.69) is 20.9 Å². The number of carbonyl (C=O) groups is 1. The third-order valence-corrected chi connectivity index (χ3v) is 3.29. The largest absolute Gasteiger partial charge is 0.573 e. The van der Waals surface area contributed by atoms with Crippen molar-refractivity contribution in [1.29, 1.82) is 0 Å². The molecule has 12 heteroatoms. The summed E-state index contributed by atoms with van der Waals surface area (Å²) < 4.78 is 77.9.